The molecule has 4 heteroatoms. The number of hydrogen-bond acceptors (Lipinski definition) is 3. The first-order valence-corrected chi connectivity index (χ1v) is 12.0. The number of nitrogens with zero attached hydrogens (tertiary/aromatic N) is 1. The molecule has 174 valence electrons. The maximum Gasteiger partial charge on any atom is 0.224 e. The Morgan fingerprint density at radius 1 is 1.03 bits per heavy atom. The third-order valence-corrected chi connectivity index (χ3v) is 6.13. The van der Waals surface area contributed by atoms with Gasteiger partial charge < -0.3 is 16.0 Å². The van der Waals surface area contributed by atoms with Crippen LogP contribution in [-0.4, -0.2) is 19.0 Å². The average Bonchev–Trinajstić information content (AvgIpc) is 2.74. The molecule has 1 fully saturated rings. The molecule has 0 unspecified atom stereocenters. The largest absolute Gasteiger partial charge is 0.402 e. The molecule has 1 aliphatic carbocycles. The minimum atomic E-state index is 0.127. The SMILES string of the molecule is CC.CC(N)=C1CCC1.CNCc1ccc(-c2ccc3c(c2)CC[C@H](C)N3C(C)=O)cc1. The molecule has 2 aromatic carbocycles. The summed E-state index contributed by atoms with van der Waals surface area (Å²) in [4.78, 5) is 13.9. The molecular weight excluding hydrogens is 394 g/mol. The molecule has 1 saturated carbocycles. The van der Waals surface area contributed by atoms with Crippen molar-refractivity contribution in [2.45, 2.75) is 79.3 Å². The van der Waals surface area contributed by atoms with E-state index in [1.54, 1.807) is 6.92 Å². The summed E-state index contributed by atoms with van der Waals surface area (Å²) in [5.74, 6) is 0.127. The van der Waals surface area contributed by atoms with Crippen LogP contribution in [0.15, 0.2) is 53.7 Å². The number of allylic oxidation sites excluding steroid dienone is 2. The lowest BCUT2D eigenvalue weighted by Gasteiger charge is -2.34. The first kappa shape index (κ1) is 25.7. The van der Waals surface area contributed by atoms with Crippen molar-refractivity contribution in [2.75, 3.05) is 11.9 Å². The van der Waals surface area contributed by atoms with Crippen molar-refractivity contribution < 1.29 is 4.79 Å². The van der Waals surface area contributed by atoms with E-state index in [4.69, 9.17) is 5.73 Å². The van der Waals surface area contributed by atoms with Crippen molar-refractivity contribution in [3.8, 4) is 11.1 Å². The smallest absolute Gasteiger partial charge is 0.224 e. The number of hydrogen-bond donors (Lipinski definition) is 2. The fourth-order valence-corrected chi connectivity index (χ4v) is 4.18. The summed E-state index contributed by atoms with van der Waals surface area (Å²) in [7, 11) is 1.96. The molecule has 1 aliphatic heterocycles. The van der Waals surface area contributed by atoms with Crippen LogP contribution in [0.3, 0.4) is 0 Å². The van der Waals surface area contributed by atoms with Crippen LogP contribution < -0.4 is 16.0 Å². The fraction of sp³-hybridized carbons (Fsp3) is 0.464. The van der Waals surface area contributed by atoms with Gasteiger partial charge in [0, 0.05) is 30.9 Å². The van der Waals surface area contributed by atoms with Crippen molar-refractivity contribution >= 4 is 11.6 Å². The molecule has 0 radical (unpaired) electrons. The first-order chi connectivity index (χ1) is 15.4. The lowest BCUT2D eigenvalue weighted by atomic mass is 9.91. The van der Waals surface area contributed by atoms with Gasteiger partial charge in [0.05, 0.1) is 0 Å². The molecule has 0 aromatic heterocycles. The van der Waals surface area contributed by atoms with Gasteiger partial charge in [0.1, 0.15) is 0 Å². The van der Waals surface area contributed by atoms with Crippen LogP contribution in [0.4, 0.5) is 5.69 Å². The highest BCUT2D eigenvalue weighted by atomic mass is 16.2. The molecular formula is C28H41N3O. The van der Waals surface area contributed by atoms with E-state index in [0.29, 0.717) is 0 Å². The van der Waals surface area contributed by atoms with Crippen LogP contribution in [0.5, 0.6) is 0 Å². The van der Waals surface area contributed by atoms with E-state index in [9.17, 15) is 4.79 Å². The second-order valence-electron chi connectivity index (χ2n) is 8.49. The lowest BCUT2D eigenvalue weighted by molar-refractivity contribution is -0.117. The fourth-order valence-electron chi connectivity index (χ4n) is 4.18. The topological polar surface area (TPSA) is 58.4 Å². The second kappa shape index (κ2) is 12.4. The number of nitrogens with two attached hydrogens (primary N) is 1. The van der Waals surface area contributed by atoms with Crippen LogP contribution in [0.25, 0.3) is 11.1 Å². The van der Waals surface area contributed by atoms with Gasteiger partial charge in [0.15, 0.2) is 0 Å². The number of nitrogens with one attached hydrogen (secondary N) is 1. The number of carbonyl (C=O) groups is 1. The molecule has 1 amide bonds. The summed E-state index contributed by atoms with van der Waals surface area (Å²) >= 11 is 0. The van der Waals surface area contributed by atoms with Crippen LogP contribution >= 0.6 is 0 Å². The Balaban J connectivity index is 0.000000340. The van der Waals surface area contributed by atoms with Crippen molar-refractivity contribution in [1.82, 2.24) is 5.32 Å². The average molecular weight is 436 g/mol. The Bertz CT molecular complexity index is 905. The first-order valence-electron chi connectivity index (χ1n) is 12.0. The molecule has 1 atom stereocenters. The highest BCUT2D eigenvalue weighted by molar-refractivity contribution is 5.94. The molecule has 0 saturated heterocycles. The van der Waals surface area contributed by atoms with Crippen LogP contribution in [0, 0.1) is 0 Å². The zero-order chi connectivity index (χ0) is 23.7. The zero-order valence-electron chi connectivity index (χ0n) is 20.8. The number of amides is 1. The molecule has 32 heavy (non-hydrogen) atoms. The van der Waals surface area contributed by atoms with Gasteiger partial charge in [-0.05, 0) is 87.4 Å². The monoisotopic (exact) mass is 435 g/mol. The van der Waals surface area contributed by atoms with E-state index in [-0.39, 0.29) is 11.9 Å². The molecule has 0 bridgehead atoms. The molecule has 3 N–H and O–H groups in total. The normalized spacial score (nSPS) is 16.5. The Kier molecular flexibility index (Phi) is 9.98. The minimum absolute atomic E-state index is 0.127. The molecule has 2 aliphatic rings. The van der Waals surface area contributed by atoms with Crippen LogP contribution in [-0.2, 0) is 17.8 Å². The van der Waals surface area contributed by atoms with E-state index in [1.165, 1.54) is 47.1 Å². The molecule has 4 nitrogen and oxygen atoms in total. The summed E-state index contributed by atoms with van der Waals surface area (Å²) in [6.07, 6.45) is 5.91. The molecule has 1 heterocycles. The summed E-state index contributed by atoms with van der Waals surface area (Å²) in [5.41, 5.74) is 14.1. The van der Waals surface area contributed by atoms with Gasteiger partial charge in [0.25, 0.3) is 0 Å². The lowest BCUT2D eigenvalue weighted by Crippen LogP contribution is -2.40. The number of fused-ring (bicyclic) bond motifs is 1. The number of carbonyl (C=O) groups excluding carboxylic acids is 1. The molecule has 4 rings (SSSR count). The highest BCUT2D eigenvalue weighted by Crippen LogP contribution is 2.34. The summed E-state index contributed by atoms with van der Waals surface area (Å²) < 4.78 is 0. The van der Waals surface area contributed by atoms with E-state index < -0.39 is 0 Å². The van der Waals surface area contributed by atoms with Crippen LogP contribution in [0.1, 0.15) is 71.4 Å². The third-order valence-electron chi connectivity index (χ3n) is 6.13. The van der Waals surface area contributed by atoms with Crippen LogP contribution in [0.2, 0.25) is 0 Å². The van der Waals surface area contributed by atoms with Crippen molar-refractivity contribution in [3.63, 3.8) is 0 Å². The predicted octanol–water partition coefficient (Wildman–Crippen LogP) is 6.19. The Morgan fingerprint density at radius 3 is 2.12 bits per heavy atom. The number of anilines is 1. The van der Waals surface area contributed by atoms with Gasteiger partial charge in [-0.2, -0.15) is 0 Å². The van der Waals surface area contributed by atoms with Crippen molar-refractivity contribution in [3.05, 3.63) is 64.9 Å². The highest BCUT2D eigenvalue weighted by Gasteiger charge is 2.26. The Hall–Kier alpha value is -2.59. The quantitative estimate of drug-likeness (QED) is 0.604. The summed E-state index contributed by atoms with van der Waals surface area (Å²) in [6, 6.07) is 15.4. The van der Waals surface area contributed by atoms with Gasteiger partial charge in [-0.1, -0.05) is 49.8 Å². The van der Waals surface area contributed by atoms with E-state index in [1.807, 2.05) is 32.7 Å². The van der Waals surface area contributed by atoms with E-state index in [0.717, 1.165) is 30.8 Å². The third kappa shape index (κ3) is 6.46. The van der Waals surface area contributed by atoms with Crippen molar-refractivity contribution in [2.24, 2.45) is 5.73 Å². The molecule has 0 spiro atoms. The van der Waals surface area contributed by atoms with E-state index in [2.05, 4.69) is 54.7 Å². The van der Waals surface area contributed by atoms with Crippen molar-refractivity contribution in [1.29, 1.82) is 0 Å². The van der Waals surface area contributed by atoms with Gasteiger partial charge in [0.2, 0.25) is 5.91 Å². The minimum Gasteiger partial charge on any atom is -0.402 e. The van der Waals surface area contributed by atoms with Gasteiger partial charge >= 0.3 is 0 Å². The summed E-state index contributed by atoms with van der Waals surface area (Å²) in [6.45, 7) is 10.6. The predicted molar refractivity (Wildman–Crippen MR) is 138 cm³/mol. The second-order valence-corrected chi connectivity index (χ2v) is 8.49. The molecule has 2 aromatic rings. The van der Waals surface area contributed by atoms with Gasteiger partial charge in [-0.25, -0.2) is 0 Å². The van der Waals surface area contributed by atoms with E-state index >= 15 is 0 Å². The number of aryl methyl sites for hydroxylation is 1. The standard InChI is InChI=1S/C20H24N2O.C6H11N.C2H6/c1-14-4-7-19-12-18(10-11-20(19)22(14)15(2)23)17-8-5-16(6-9-17)13-21-3;1-5(7)6-3-2-4-6;1-2/h5-6,8-12,14,21H,4,7,13H2,1-3H3;2-4,7H2,1H3;1-2H3/t14-;;/m0../s1. The Labute approximate surface area is 194 Å². The maximum atomic E-state index is 11.9. The zero-order valence-corrected chi connectivity index (χ0v) is 20.8. The number of benzene rings is 2. The van der Waals surface area contributed by atoms with Gasteiger partial charge in [-0.3, -0.25) is 4.79 Å². The maximum absolute atomic E-state index is 11.9. The van der Waals surface area contributed by atoms with Gasteiger partial charge in [-0.15, -0.1) is 0 Å². The Morgan fingerprint density at radius 2 is 1.66 bits per heavy atom. The summed E-state index contributed by atoms with van der Waals surface area (Å²) in [5, 5.41) is 3.17. The number of rotatable bonds is 3.